The highest BCUT2D eigenvalue weighted by molar-refractivity contribution is 6.35. The minimum atomic E-state index is 0.438. The van der Waals surface area contributed by atoms with Gasteiger partial charge >= 0.3 is 0 Å². The molecule has 0 spiro atoms. The van der Waals surface area contributed by atoms with Gasteiger partial charge < -0.3 is 5.32 Å². The summed E-state index contributed by atoms with van der Waals surface area (Å²) < 4.78 is 1.85. The Balaban J connectivity index is 1.99. The molecule has 0 radical (unpaired) electrons. The van der Waals surface area contributed by atoms with Crippen molar-refractivity contribution in [1.82, 2.24) is 20.1 Å². The number of aromatic nitrogens is 3. The Kier molecular flexibility index (Phi) is 3.90. The molecule has 0 aliphatic rings. The van der Waals surface area contributed by atoms with Crippen molar-refractivity contribution >= 4 is 22.5 Å². The van der Waals surface area contributed by atoms with E-state index >= 15 is 0 Å². The zero-order chi connectivity index (χ0) is 14.8. The van der Waals surface area contributed by atoms with Gasteiger partial charge in [0.2, 0.25) is 0 Å². The smallest absolute Gasteiger partial charge is 0.0973 e. The van der Waals surface area contributed by atoms with Crippen LogP contribution in [0.1, 0.15) is 19.5 Å². The first kappa shape index (κ1) is 14.0. The second kappa shape index (κ2) is 5.84. The molecular formula is C16H17ClN4. The third kappa shape index (κ3) is 2.91. The number of rotatable bonds is 4. The fraction of sp³-hybridized carbons (Fsp3) is 0.250. The Bertz CT molecular complexity index is 764. The van der Waals surface area contributed by atoms with Gasteiger partial charge in [-0.15, -0.1) is 0 Å². The monoisotopic (exact) mass is 300 g/mol. The van der Waals surface area contributed by atoms with Crippen LogP contribution >= 0.6 is 11.6 Å². The SMILES string of the molecule is CC(C)NCc1ccn(-c2ccc(Cl)c3cccnc23)n1. The fourth-order valence-corrected chi connectivity index (χ4v) is 2.42. The largest absolute Gasteiger partial charge is 0.309 e. The van der Waals surface area contributed by atoms with Crippen molar-refractivity contribution in [3.63, 3.8) is 0 Å². The van der Waals surface area contributed by atoms with Crippen LogP contribution in [0.2, 0.25) is 5.02 Å². The molecule has 0 atom stereocenters. The maximum atomic E-state index is 6.23. The molecule has 0 saturated carbocycles. The maximum Gasteiger partial charge on any atom is 0.0973 e. The summed E-state index contributed by atoms with van der Waals surface area (Å²) in [6.07, 6.45) is 3.72. The van der Waals surface area contributed by atoms with Crippen molar-refractivity contribution in [2.75, 3.05) is 0 Å². The first-order chi connectivity index (χ1) is 10.1. The summed E-state index contributed by atoms with van der Waals surface area (Å²) in [6, 6.07) is 10.1. The van der Waals surface area contributed by atoms with Crippen LogP contribution in [0, 0.1) is 0 Å². The van der Waals surface area contributed by atoms with E-state index in [2.05, 4.69) is 29.2 Å². The molecule has 3 rings (SSSR count). The maximum absolute atomic E-state index is 6.23. The van der Waals surface area contributed by atoms with Gasteiger partial charge in [-0.3, -0.25) is 4.98 Å². The molecule has 0 fully saturated rings. The normalized spacial score (nSPS) is 11.4. The van der Waals surface area contributed by atoms with Crippen molar-refractivity contribution in [3.8, 4) is 5.69 Å². The average Bonchev–Trinajstić information content (AvgIpc) is 2.94. The quantitative estimate of drug-likeness (QED) is 0.801. The molecule has 2 aromatic heterocycles. The molecular weight excluding hydrogens is 284 g/mol. The summed E-state index contributed by atoms with van der Waals surface area (Å²) in [5, 5.41) is 9.61. The van der Waals surface area contributed by atoms with Gasteiger partial charge in [-0.1, -0.05) is 25.4 Å². The highest BCUT2D eigenvalue weighted by Gasteiger charge is 2.09. The van der Waals surface area contributed by atoms with E-state index < -0.39 is 0 Å². The molecule has 3 aromatic rings. The number of halogens is 1. The zero-order valence-corrected chi connectivity index (χ0v) is 12.8. The van der Waals surface area contributed by atoms with E-state index in [0.29, 0.717) is 11.1 Å². The van der Waals surface area contributed by atoms with Crippen LogP contribution < -0.4 is 5.32 Å². The summed E-state index contributed by atoms with van der Waals surface area (Å²) in [7, 11) is 0. The van der Waals surface area contributed by atoms with E-state index in [9.17, 15) is 0 Å². The lowest BCUT2D eigenvalue weighted by Crippen LogP contribution is -2.22. The van der Waals surface area contributed by atoms with Gasteiger partial charge in [0.25, 0.3) is 0 Å². The molecule has 5 heteroatoms. The Labute approximate surface area is 128 Å². The molecule has 0 aliphatic heterocycles. The van der Waals surface area contributed by atoms with Crippen LogP contribution in [0.4, 0.5) is 0 Å². The Morgan fingerprint density at radius 3 is 2.90 bits per heavy atom. The third-order valence-corrected chi connectivity index (χ3v) is 3.61. The second-order valence-electron chi connectivity index (χ2n) is 5.25. The van der Waals surface area contributed by atoms with Crippen molar-refractivity contribution in [3.05, 3.63) is 53.4 Å². The second-order valence-corrected chi connectivity index (χ2v) is 5.66. The summed E-state index contributed by atoms with van der Waals surface area (Å²) in [4.78, 5) is 4.44. The molecule has 0 saturated heterocycles. The lowest BCUT2D eigenvalue weighted by atomic mass is 10.2. The predicted molar refractivity (Wildman–Crippen MR) is 85.9 cm³/mol. The number of nitrogens with zero attached hydrogens (tertiary/aromatic N) is 3. The van der Waals surface area contributed by atoms with Gasteiger partial charge in [0, 0.05) is 30.4 Å². The number of fused-ring (bicyclic) bond motifs is 1. The number of pyridine rings is 1. The van der Waals surface area contributed by atoms with Gasteiger partial charge in [0.15, 0.2) is 0 Å². The van der Waals surface area contributed by atoms with Crippen molar-refractivity contribution in [2.45, 2.75) is 26.4 Å². The topological polar surface area (TPSA) is 42.7 Å². The van der Waals surface area contributed by atoms with Gasteiger partial charge in [-0.2, -0.15) is 5.10 Å². The molecule has 4 nitrogen and oxygen atoms in total. The van der Waals surface area contributed by atoms with Crippen LogP contribution in [0.25, 0.3) is 16.6 Å². The van der Waals surface area contributed by atoms with Gasteiger partial charge in [-0.05, 0) is 30.3 Å². The van der Waals surface area contributed by atoms with Gasteiger partial charge in [0.1, 0.15) is 0 Å². The van der Waals surface area contributed by atoms with Crippen LogP contribution in [-0.4, -0.2) is 20.8 Å². The Hall–Kier alpha value is -1.91. The third-order valence-electron chi connectivity index (χ3n) is 3.28. The molecule has 0 amide bonds. The van der Waals surface area contributed by atoms with Crippen LogP contribution in [0.5, 0.6) is 0 Å². The van der Waals surface area contributed by atoms with E-state index in [1.807, 2.05) is 41.2 Å². The van der Waals surface area contributed by atoms with Gasteiger partial charge in [0.05, 0.1) is 21.9 Å². The minimum absolute atomic E-state index is 0.438. The number of benzene rings is 1. The number of hydrogen-bond donors (Lipinski definition) is 1. The van der Waals surface area contributed by atoms with Crippen LogP contribution in [0.15, 0.2) is 42.7 Å². The van der Waals surface area contributed by atoms with Crippen molar-refractivity contribution in [2.24, 2.45) is 0 Å². The van der Waals surface area contributed by atoms with Gasteiger partial charge in [-0.25, -0.2) is 4.68 Å². The highest BCUT2D eigenvalue weighted by Crippen LogP contribution is 2.26. The first-order valence-corrected chi connectivity index (χ1v) is 7.34. The summed E-state index contributed by atoms with van der Waals surface area (Å²) in [5.41, 5.74) is 2.80. The molecule has 0 unspecified atom stereocenters. The minimum Gasteiger partial charge on any atom is -0.309 e. The van der Waals surface area contributed by atoms with E-state index in [4.69, 9.17) is 11.6 Å². The van der Waals surface area contributed by atoms with E-state index in [1.165, 1.54) is 0 Å². The first-order valence-electron chi connectivity index (χ1n) is 6.96. The molecule has 0 aliphatic carbocycles. The summed E-state index contributed by atoms with van der Waals surface area (Å²) >= 11 is 6.23. The lowest BCUT2D eigenvalue weighted by Gasteiger charge is -2.08. The Morgan fingerprint density at radius 2 is 2.10 bits per heavy atom. The van der Waals surface area contributed by atoms with Crippen LogP contribution in [-0.2, 0) is 6.54 Å². The number of nitrogens with one attached hydrogen (secondary N) is 1. The summed E-state index contributed by atoms with van der Waals surface area (Å²) in [5.74, 6) is 0. The molecule has 2 heterocycles. The van der Waals surface area contributed by atoms with Crippen molar-refractivity contribution in [1.29, 1.82) is 0 Å². The fourth-order valence-electron chi connectivity index (χ4n) is 2.21. The van der Waals surface area contributed by atoms with E-state index in [0.717, 1.165) is 28.8 Å². The average molecular weight is 301 g/mol. The van der Waals surface area contributed by atoms with Crippen molar-refractivity contribution < 1.29 is 0 Å². The molecule has 0 bridgehead atoms. The lowest BCUT2D eigenvalue weighted by molar-refractivity contribution is 0.578. The predicted octanol–water partition coefficient (Wildman–Crippen LogP) is 3.57. The molecule has 21 heavy (non-hydrogen) atoms. The molecule has 1 N–H and O–H groups in total. The van der Waals surface area contributed by atoms with Crippen LogP contribution in [0.3, 0.4) is 0 Å². The van der Waals surface area contributed by atoms with E-state index in [-0.39, 0.29) is 0 Å². The Morgan fingerprint density at radius 1 is 1.24 bits per heavy atom. The number of hydrogen-bond acceptors (Lipinski definition) is 3. The standard InChI is InChI=1S/C16H17ClN4/c1-11(2)19-10-12-7-9-21(20-12)15-6-5-14(17)13-4-3-8-18-16(13)15/h3-9,11,19H,10H2,1-2H3. The zero-order valence-electron chi connectivity index (χ0n) is 12.0. The summed E-state index contributed by atoms with van der Waals surface area (Å²) in [6.45, 7) is 4.99. The molecule has 108 valence electrons. The highest BCUT2D eigenvalue weighted by atomic mass is 35.5. The van der Waals surface area contributed by atoms with E-state index in [1.54, 1.807) is 6.20 Å². The molecule has 1 aromatic carbocycles.